The molecule has 60 heavy (non-hydrogen) atoms. The summed E-state index contributed by atoms with van der Waals surface area (Å²) in [7, 11) is 5.83. The molecule has 0 amide bonds. The number of rotatable bonds is 8. The predicted octanol–water partition coefficient (Wildman–Crippen LogP) is 9.23. The number of fused-ring (bicyclic) bond motifs is 1. The summed E-state index contributed by atoms with van der Waals surface area (Å²) in [5.74, 6) is 15.7. The molecule has 0 saturated heterocycles. The summed E-state index contributed by atoms with van der Waals surface area (Å²) in [5, 5.41) is 19.2. The monoisotopic (exact) mass is 801 g/mol. The lowest BCUT2D eigenvalue weighted by Crippen LogP contribution is -2.13. The first-order valence-corrected chi connectivity index (χ1v) is 19.5. The van der Waals surface area contributed by atoms with Crippen molar-refractivity contribution in [3.05, 3.63) is 119 Å². The van der Waals surface area contributed by atoms with Crippen molar-refractivity contribution in [2.24, 2.45) is 0 Å². The molecule has 1 heterocycles. The average Bonchev–Trinajstić information content (AvgIpc) is 3.66. The lowest BCUT2D eigenvalue weighted by molar-refractivity contribution is 0.144. The highest BCUT2D eigenvalue weighted by Crippen LogP contribution is 2.22. The molecule has 0 spiro atoms. The minimum atomic E-state index is -0.931. The number of unbranched alkanes of at least 4 members (excludes halogenated alkanes) is 2. The van der Waals surface area contributed by atoms with Crippen molar-refractivity contribution in [2.75, 3.05) is 39.2 Å². The molecular weight excluding hydrogens is 739 g/mol. The number of aromatic nitrogens is 3. The summed E-state index contributed by atoms with van der Waals surface area (Å²) < 4.78 is 7.24. The van der Waals surface area contributed by atoms with Gasteiger partial charge in [0.1, 0.15) is 23.4 Å². The van der Waals surface area contributed by atoms with Crippen LogP contribution in [0.2, 0.25) is 0 Å². The summed E-state index contributed by atoms with van der Waals surface area (Å²) in [5.41, 5.74) is 6.41. The first-order valence-electron chi connectivity index (χ1n) is 19.5. The Balaban J connectivity index is 0.000000717. The Morgan fingerprint density at radius 1 is 0.717 bits per heavy atom. The second-order valence-corrected chi connectivity index (χ2v) is 14.7. The molecule has 0 atom stereocenters. The van der Waals surface area contributed by atoms with Gasteiger partial charge in [-0.25, -0.2) is 4.68 Å². The molecule has 0 unspecified atom stereocenters. The molecule has 0 aliphatic carbocycles. The van der Waals surface area contributed by atoms with Gasteiger partial charge in [0, 0.05) is 36.5 Å². The van der Waals surface area contributed by atoms with Crippen LogP contribution in [0.3, 0.4) is 0 Å². The van der Waals surface area contributed by atoms with Crippen molar-refractivity contribution >= 4 is 16.7 Å². The van der Waals surface area contributed by atoms with Crippen LogP contribution in [0.25, 0.3) is 11.0 Å². The minimum absolute atomic E-state index is 0.215. The van der Waals surface area contributed by atoms with Gasteiger partial charge in [0.25, 0.3) is 0 Å². The van der Waals surface area contributed by atoms with E-state index in [2.05, 4.69) is 91.0 Å². The second-order valence-electron chi connectivity index (χ2n) is 14.7. The fourth-order valence-electron chi connectivity index (χ4n) is 4.33. The molecule has 1 aromatic heterocycles. The molecule has 0 bridgehead atoms. The van der Waals surface area contributed by atoms with Gasteiger partial charge in [-0.15, -0.1) is 43.6 Å². The van der Waals surface area contributed by atoms with Crippen molar-refractivity contribution in [1.29, 1.82) is 0 Å². The van der Waals surface area contributed by atoms with Gasteiger partial charge in [0.05, 0.1) is 18.7 Å². The summed E-state index contributed by atoms with van der Waals surface area (Å²) in [6, 6.07) is 31.4. The normalized spacial score (nSPS) is 9.53. The highest BCUT2D eigenvalue weighted by atomic mass is 16.5. The van der Waals surface area contributed by atoms with Gasteiger partial charge in [0.15, 0.2) is 0 Å². The Kier molecular flexibility index (Phi) is 26.8. The third-order valence-corrected chi connectivity index (χ3v) is 7.80. The first-order chi connectivity index (χ1) is 28.5. The zero-order chi connectivity index (χ0) is 45.4. The molecule has 0 aliphatic rings. The molecule has 5 aromatic rings. The number of hydrogen-bond donors (Lipinski definition) is 2. The first kappa shape index (κ1) is 53.2. The van der Waals surface area contributed by atoms with E-state index in [1.807, 2.05) is 111 Å². The van der Waals surface area contributed by atoms with Crippen molar-refractivity contribution in [2.45, 2.75) is 78.4 Å². The molecular formula is C53H63N5O2. The maximum Gasteiger partial charge on any atom is 0.119 e. The number of nitrogens with one attached hydrogen (secondary N) is 1. The predicted molar refractivity (Wildman–Crippen MR) is 255 cm³/mol. The van der Waals surface area contributed by atoms with E-state index < -0.39 is 5.60 Å². The third-order valence-electron chi connectivity index (χ3n) is 7.80. The molecule has 2 N–H and O–H groups in total. The van der Waals surface area contributed by atoms with Gasteiger partial charge in [-0.2, -0.15) is 0 Å². The fraction of sp³-hybridized carbons (Fsp3) is 0.321. The third kappa shape index (κ3) is 24.0. The van der Waals surface area contributed by atoms with Crippen LogP contribution in [-0.4, -0.2) is 60.0 Å². The van der Waals surface area contributed by atoms with E-state index in [0.29, 0.717) is 13.1 Å². The van der Waals surface area contributed by atoms with Crippen LogP contribution in [0.5, 0.6) is 5.75 Å². The van der Waals surface area contributed by atoms with Gasteiger partial charge >= 0.3 is 0 Å². The molecule has 5 rings (SSSR count). The molecule has 7 heteroatoms. The maximum absolute atomic E-state index is 8.59. The zero-order valence-electron chi connectivity index (χ0n) is 37.1. The minimum Gasteiger partial charge on any atom is -0.494 e. The number of anilines is 1. The zero-order valence-corrected chi connectivity index (χ0v) is 37.1. The Hall–Kier alpha value is -6.84. The number of hydrogen-bond acceptors (Lipinski definition) is 6. The molecule has 0 aliphatic heterocycles. The van der Waals surface area contributed by atoms with E-state index in [0.717, 1.165) is 46.5 Å². The lowest BCUT2D eigenvalue weighted by atomic mass is 9.87. The van der Waals surface area contributed by atoms with Crippen LogP contribution in [0, 0.1) is 74.1 Å². The summed E-state index contributed by atoms with van der Waals surface area (Å²) in [6.45, 7) is 13.8. The van der Waals surface area contributed by atoms with E-state index in [9.17, 15) is 0 Å². The topological polar surface area (TPSA) is 75.4 Å². The number of benzene rings is 4. The molecule has 0 radical (unpaired) electrons. The van der Waals surface area contributed by atoms with Crippen molar-refractivity contribution < 1.29 is 9.84 Å². The highest BCUT2D eigenvalue weighted by molar-refractivity contribution is 5.73. The number of ether oxygens (including phenoxy) is 1. The smallest absolute Gasteiger partial charge is 0.119 e. The Morgan fingerprint density at radius 3 is 1.62 bits per heavy atom. The van der Waals surface area contributed by atoms with E-state index in [1.54, 1.807) is 18.5 Å². The summed E-state index contributed by atoms with van der Waals surface area (Å²) in [4.78, 5) is 2.04. The highest BCUT2D eigenvalue weighted by Gasteiger charge is 2.12. The van der Waals surface area contributed by atoms with Crippen molar-refractivity contribution in [3.8, 4) is 79.8 Å². The quantitative estimate of drug-likeness (QED) is 0.121. The van der Waals surface area contributed by atoms with Crippen molar-refractivity contribution in [3.63, 3.8) is 0 Å². The largest absolute Gasteiger partial charge is 0.494 e. The van der Waals surface area contributed by atoms with Gasteiger partial charge < -0.3 is 20.1 Å². The van der Waals surface area contributed by atoms with Crippen LogP contribution in [0.1, 0.15) is 83.1 Å². The van der Waals surface area contributed by atoms with Crippen LogP contribution in [-0.2, 0) is 12.0 Å². The van der Waals surface area contributed by atoms with E-state index in [4.69, 9.17) is 48.4 Å². The fourth-order valence-corrected chi connectivity index (χ4v) is 4.33. The Morgan fingerprint density at radius 2 is 1.22 bits per heavy atom. The SMILES string of the molecule is C#CC(C)(C)O.C#CCNC.C#CCn1nnc2ccccc21.C#Cc1ccc(C(C)(C)C)cc1.C#Cc1ccc(N(C)C)cc1.C#Cc1ccc(OCCCCC)cc1. The average molecular weight is 802 g/mol. The van der Waals surface area contributed by atoms with Crippen molar-refractivity contribution in [1.82, 2.24) is 20.3 Å². The van der Waals surface area contributed by atoms with Crippen LogP contribution in [0.15, 0.2) is 97.1 Å². The molecule has 0 saturated carbocycles. The lowest BCUT2D eigenvalue weighted by Gasteiger charge is -2.18. The number of nitrogens with zero attached hydrogens (tertiary/aromatic N) is 4. The molecule has 4 aromatic carbocycles. The van der Waals surface area contributed by atoms with E-state index >= 15 is 0 Å². The summed E-state index contributed by atoms with van der Waals surface area (Å²) >= 11 is 0. The number of para-hydroxylation sites is 1. The number of aliphatic hydroxyl groups is 1. The maximum atomic E-state index is 8.59. The van der Waals surface area contributed by atoms with Gasteiger partial charge in [-0.1, -0.05) is 106 Å². The number of terminal acetylenes is 6. The van der Waals surface area contributed by atoms with Gasteiger partial charge in [-0.05, 0) is 111 Å². The van der Waals surface area contributed by atoms with E-state index in [1.165, 1.54) is 24.1 Å². The molecule has 312 valence electrons. The Labute approximate surface area is 362 Å². The van der Waals surface area contributed by atoms with Crippen LogP contribution >= 0.6 is 0 Å². The van der Waals surface area contributed by atoms with Gasteiger partial charge in [-0.3, -0.25) is 0 Å². The summed E-state index contributed by atoms with van der Waals surface area (Å²) in [6.07, 6.45) is 34.1. The van der Waals surface area contributed by atoms with Gasteiger partial charge in [0.2, 0.25) is 0 Å². The molecule has 0 fully saturated rings. The standard InChI is InChI=1S/C13H16O.C12H14.C10H11N.C9H7N3.C5H8O.C4H7N/c1-3-5-6-11-14-13-9-7-12(4-2)8-10-13;1-5-10-6-8-11(9-7-10)12(2,3)4;1-4-9-5-7-10(8-6-9)11(2)3;1-2-7-12-9-6-4-3-5-8(9)10-11-12;1-4-5(2,3)6;1-3-4-5-2/h2,7-10H,3,5-6,11H2,1H3;1,6-9H,2-4H3;1,5-8H,2-3H3;1,3-6H,7H2;1,6H,2-3H3;1,5H,4H2,2H3. The van der Waals surface area contributed by atoms with Crippen LogP contribution in [0.4, 0.5) is 5.69 Å². The second kappa shape index (κ2) is 30.3. The van der Waals surface area contributed by atoms with E-state index in [-0.39, 0.29) is 5.41 Å². The van der Waals surface area contributed by atoms with Crippen LogP contribution < -0.4 is 15.0 Å². The Bertz CT molecular complexity index is 2180. The molecule has 7 nitrogen and oxygen atoms in total.